The number of likely N-dealkylation sites (N-methyl/N-ethyl adjacent to an activating group) is 2. The number of carbonyl (C=O) groups excluding carboxylic acids is 3. The molecule has 35 heteroatoms. The molecule has 1 saturated carbocycles. The molecule has 440 valence electrons. The van der Waals surface area contributed by atoms with Crippen molar-refractivity contribution >= 4 is 74.0 Å². The topological polar surface area (TPSA) is 266 Å². The van der Waals surface area contributed by atoms with Gasteiger partial charge in [-0.15, -0.1) is 0 Å². The second-order valence-corrected chi connectivity index (χ2v) is 25.4. The second-order valence-electron chi connectivity index (χ2n) is 19.3. The summed E-state index contributed by atoms with van der Waals surface area (Å²) < 4.78 is 219. The Hall–Kier alpha value is -6.56. The minimum atomic E-state index is -5.26. The number of alkyl halides is 8. The van der Waals surface area contributed by atoms with Gasteiger partial charge in [0.2, 0.25) is 22.7 Å². The zero-order valence-corrected chi connectivity index (χ0v) is 46.0. The van der Waals surface area contributed by atoms with Gasteiger partial charge < -0.3 is 29.6 Å². The first-order chi connectivity index (χ1) is 37.1. The fraction of sp³-hybridized carbons (Fsp3) is 0.435. The summed E-state index contributed by atoms with van der Waals surface area (Å²) >= 11 is 6.68. The van der Waals surface area contributed by atoms with Crippen molar-refractivity contribution in [2.45, 2.75) is 74.8 Å². The Balaban J connectivity index is 1.41. The van der Waals surface area contributed by atoms with Crippen LogP contribution in [-0.2, 0) is 70.1 Å². The van der Waals surface area contributed by atoms with E-state index in [4.69, 9.17) is 21.4 Å². The maximum Gasteiger partial charge on any atom is 0.472 e. The lowest BCUT2D eigenvalue weighted by Gasteiger charge is -2.27. The number of ether oxygens (including phenoxy) is 1. The zero-order chi connectivity index (χ0) is 60.5. The van der Waals surface area contributed by atoms with Gasteiger partial charge in [0.15, 0.2) is 21.3 Å². The largest absolute Gasteiger partial charge is 0.472 e. The molecule has 0 unspecified atom stereocenters. The molecule has 0 bridgehead atoms. The quantitative estimate of drug-likeness (QED) is 0.0358. The first-order valence-corrected chi connectivity index (χ1v) is 28.9. The number of hydrogen-bond donors (Lipinski definition) is 3. The van der Waals surface area contributed by atoms with Crippen LogP contribution in [0.15, 0.2) is 42.5 Å². The Kier molecular flexibility index (Phi) is 16.8. The van der Waals surface area contributed by atoms with E-state index in [1.165, 1.54) is 13.8 Å². The number of halogens is 11. The van der Waals surface area contributed by atoms with Crippen molar-refractivity contribution in [3.8, 4) is 23.0 Å². The molecular weight excluding hydrogens is 1190 g/mol. The molecule has 3 N–H and O–H groups in total. The number of carbonyl (C=O) groups is 3. The Labute approximate surface area is 458 Å². The molecule has 2 aromatic carbocycles. The second kappa shape index (κ2) is 22.0. The summed E-state index contributed by atoms with van der Waals surface area (Å²) in [5, 5.41) is 8.47. The summed E-state index contributed by atoms with van der Waals surface area (Å²) in [6.45, 7) is -3.26. The number of hydrogen-bond acceptors (Lipinski definition) is 13. The van der Waals surface area contributed by atoms with Crippen LogP contribution in [0.1, 0.15) is 66.1 Å². The van der Waals surface area contributed by atoms with E-state index in [1.807, 2.05) is 0 Å². The van der Waals surface area contributed by atoms with Crippen LogP contribution in [0, 0.1) is 29.4 Å². The highest BCUT2D eigenvalue weighted by Gasteiger charge is 2.68. The molecule has 2 aliphatic rings. The van der Waals surface area contributed by atoms with Gasteiger partial charge in [-0.25, -0.2) is 49.3 Å². The van der Waals surface area contributed by atoms with E-state index in [0.29, 0.717) is 17.2 Å². The summed E-state index contributed by atoms with van der Waals surface area (Å²) in [6.07, 6.45) is -11.5. The normalized spacial score (nSPS) is 16.5. The highest BCUT2D eigenvalue weighted by atomic mass is 35.5. The number of sulfone groups is 1. The van der Waals surface area contributed by atoms with E-state index in [2.05, 4.69) is 41.6 Å². The number of sulfonamides is 1. The Morgan fingerprint density at radius 1 is 0.938 bits per heavy atom. The highest BCUT2D eigenvalue weighted by molar-refractivity contribution is 7.93. The average molecular weight is 1240 g/mol. The highest BCUT2D eigenvalue weighted by Crippen LogP contribution is 2.68. The number of pyridine rings is 1. The molecule has 3 heterocycles. The van der Waals surface area contributed by atoms with Crippen LogP contribution in [-0.4, -0.2) is 136 Å². The number of nitrogens with zero attached hydrogens (tertiary/aromatic N) is 8. The first-order valence-electron chi connectivity index (χ1n) is 23.2. The zero-order valence-electron chi connectivity index (χ0n) is 42.7. The number of aromatic nitrogens is 5. The third kappa shape index (κ3) is 13.7. The lowest BCUT2D eigenvalue weighted by molar-refractivity contribution is -0.143. The van der Waals surface area contributed by atoms with Gasteiger partial charge in [-0.1, -0.05) is 23.6 Å². The summed E-state index contributed by atoms with van der Waals surface area (Å²) in [7, 11) is -11.9. The first kappa shape index (κ1) is 62.0. The van der Waals surface area contributed by atoms with Crippen LogP contribution in [0.2, 0.25) is 5.02 Å². The van der Waals surface area contributed by atoms with Crippen LogP contribution in [0.5, 0.6) is 0 Å². The molecule has 5 aromatic rings. The van der Waals surface area contributed by atoms with Crippen LogP contribution in [0.4, 0.5) is 59.3 Å². The molecular formula is C46H45ClF10N9O12PS2. The van der Waals surface area contributed by atoms with Gasteiger partial charge >= 0.3 is 32.3 Å². The number of urea groups is 1. The van der Waals surface area contributed by atoms with Crippen molar-refractivity contribution in [1.29, 1.82) is 0 Å². The van der Waals surface area contributed by atoms with Gasteiger partial charge in [-0.2, -0.15) is 49.6 Å². The maximum absolute atomic E-state index is 15.7. The number of benzene rings is 2. The molecule has 81 heavy (non-hydrogen) atoms. The molecule has 0 saturated heterocycles. The third-order valence-electron chi connectivity index (χ3n) is 12.8. The number of rotatable bonds is 17. The molecule has 3 atom stereocenters. The van der Waals surface area contributed by atoms with Gasteiger partial charge in [0.1, 0.15) is 40.9 Å². The van der Waals surface area contributed by atoms with Gasteiger partial charge in [0.05, 0.1) is 33.9 Å². The van der Waals surface area contributed by atoms with E-state index >= 15 is 8.78 Å². The van der Waals surface area contributed by atoms with E-state index in [1.54, 1.807) is 0 Å². The smallest absolute Gasteiger partial charge is 0.422 e. The summed E-state index contributed by atoms with van der Waals surface area (Å²) in [5.74, 6) is -6.38. The van der Waals surface area contributed by atoms with Gasteiger partial charge in [0, 0.05) is 62.1 Å². The number of fused-ring (bicyclic) bond motifs is 4. The fourth-order valence-corrected chi connectivity index (χ4v) is 10.2. The van der Waals surface area contributed by atoms with E-state index < -0.39 is 188 Å². The molecule has 0 radical (unpaired) electrons. The van der Waals surface area contributed by atoms with Crippen molar-refractivity contribution in [3.05, 3.63) is 93.0 Å². The minimum absolute atomic E-state index is 0.0316. The molecule has 21 nitrogen and oxygen atoms in total. The summed E-state index contributed by atoms with van der Waals surface area (Å²) in [4.78, 5) is 64.5. The predicted octanol–water partition coefficient (Wildman–Crippen LogP) is 7.24. The maximum atomic E-state index is 15.7. The van der Waals surface area contributed by atoms with Gasteiger partial charge in [-0.05, 0) is 74.4 Å². The van der Waals surface area contributed by atoms with E-state index in [0.717, 1.165) is 61.6 Å². The number of nitrogens with one attached hydrogen (secondary N) is 1. The summed E-state index contributed by atoms with van der Waals surface area (Å²) in [6, 6.07) is 2.91. The lowest BCUT2D eigenvalue weighted by Crippen LogP contribution is -2.47. The van der Waals surface area contributed by atoms with Crippen molar-refractivity contribution in [3.63, 3.8) is 0 Å². The molecule has 0 aliphatic heterocycles. The number of anilines is 1. The monoisotopic (exact) mass is 1240 g/mol. The number of phosphoric ester groups is 1. The van der Waals surface area contributed by atoms with E-state index in [-0.39, 0.29) is 36.9 Å². The number of amides is 4. The van der Waals surface area contributed by atoms with Gasteiger partial charge in [0.25, 0.3) is 5.92 Å². The SMILES string of the molecule is CN(CCN(C)C(=O)N(c1nn(CC(F)(F)F)c2c(-c3ccc(C#CC(C)(C)S(C)(=O)=O)nc3[C@H](Cc3cc(F)cc(F)c3)NC(=O)Cn3nc(C(F)(F)F)c4c3C(F)(F)[C@@H]3C[C@H]43)ccc(Cl)c12)S(C)(=O)=O)C(=O)OCOP(=O)(O)O. The van der Waals surface area contributed by atoms with Crippen molar-refractivity contribution < 1.29 is 98.7 Å². The molecule has 4 amide bonds. The molecule has 1 fully saturated rings. The van der Waals surface area contributed by atoms with Crippen molar-refractivity contribution in [2.24, 2.45) is 5.92 Å². The Morgan fingerprint density at radius 3 is 2.14 bits per heavy atom. The van der Waals surface area contributed by atoms with Gasteiger partial charge in [-0.3, -0.25) is 14.2 Å². The Bertz CT molecular complexity index is 3700. The molecule has 3 aromatic heterocycles. The standard InChI is InChI=1S/C46H45ClF10N9O12PS2/c1-43(2,80(5,73)74)12-11-26-7-8-27(36(58-26)32(17-23-15-24(48)18-25(49)16-23)59-33(67)20-64-39-34(38(60-64)46(55,56)57)29-19-30(29)45(39,53)54)28-9-10-31(47)35-37(28)65(21-44(50,51)52)61-40(35)66(81(6,75)76)41(68)62(3)13-14-63(4)42(69)77-22-78-79(70,71)72/h7-10,15-16,18,29-30,32H,13-14,17,19-22H2,1-6H3,(H,59,67)(H2,70,71,72)/t29-,30+,32-/m0/s1. The molecule has 0 spiro atoms. The number of phosphoric acid groups is 1. The van der Waals surface area contributed by atoms with Crippen LogP contribution < -0.4 is 9.62 Å². The Morgan fingerprint density at radius 2 is 1.56 bits per heavy atom. The average Bonchev–Trinajstić information content (AvgIpc) is 3.88. The minimum Gasteiger partial charge on any atom is -0.422 e. The molecule has 2 aliphatic carbocycles. The van der Waals surface area contributed by atoms with Crippen LogP contribution in [0.3, 0.4) is 0 Å². The van der Waals surface area contributed by atoms with Crippen molar-refractivity contribution in [1.82, 2.24) is 39.7 Å². The van der Waals surface area contributed by atoms with Crippen LogP contribution >= 0.6 is 19.4 Å². The fourth-order valence-electron chi connectivity index (χ4n) is 8.69. The van der Waals surface area contributed by atoms with Crippen molar-refractivity contribution in [2.75, 3.05) is 50.8 Å². The van der Waals surface area contributed by atoms with E-state index in [9.17, 15) is 70.9 Å². The van der Waals surface area contributed by atoms with Crippen LogP contribution in [0.25, 0.3) is 22.0 Å². The predicted molar refractivity (Wildman–Crippen MR) is 265 cm³/mol. The lowest BCUT2D eigenvalue weighted by atomic mass is 9.93. The molecule has 7 rings (SSSR count). The summed E-state index contributed by atoms with van der Waals surface area (Å²) in [5.41, 5.74) is -6.36. The third-order valence-corrected chi connectivity index (χ3v) is 16.5.